The summed E-state index contributed by atoms with van der Waals surface area (Å²) >= 11 is 0. The van der Waals surface area contributed by atoms with E-state index in [9.17, 15) is 4.79 Å². The van der Waals surface area contributed by atoms with E-state index in [0.717, 1.165) is 37.7 Å². The third-order valence-corrected chi connectivity index (χ3v) is 4.91. The van der Waals surface area contributed by atoms with Crippen LogP contribution < -0.4 is 15.1 Å². The summed E-state index contributed by atoms with van der Waals surface area (Å²) in [5.74, 6) is 0.624. The molecule has 1 aromatic heterocycles. The van der Waals surface area contributed by atoms with E-state index in [-0.39, 0.29) is 5.91 Å². The summed E-state index contributed by atoms with van der Waals surface area (Å²) in [4.78, 5) is 16.9. The van der Waals surface area contributed by atoms with Crippen LogP contribution in [0.5, 0.6) is 0 Å². The molecule has 0 saturated carbocycles. The molecule has 2 fully saturated rings. The minimum Gasteiger partial charge on any atom is -0.372 e. The summed E-state index contributed by atoms with van der Waals surface area (Å²) in [7, 11) is 0. The quantitative estimate of drug-likeness (QED) is 0.929. The van der Waals surface area contributed by atoms with Gasteiger partial charge in [-0.1, -0.05) is 0 Å². The van der Waals surface area contributed by atoms with E-state index in [1.54, 1.807) is 6.07 Å². The molecule has 1 N–H and O–H groups in total. The second kappa shape index (κ2) is 7.09. The molecule has 6 heteroatoms. The largest absolute Gasteiger partial charge is 0.372 e. The molecule has 0 spiro atoms. The fourth-order valence-electron chi connectivity index (χ4n) is 3.49. The number of amides is 1. The number of carbonyl (C=O) groups excluding carboxylic acids is 1. The lowest BCUT2D eigenvalue weighted by atomic mass is 10.2. The highest BCUT2D eigenvalue weighted by Crippen LogP contribution is 2.22. The van der Waals surface area contributed by atoms with E-state index < -0.39 is 0 Å². The topological polar surface area (TPSA) is 61.4 Å². The standard InChI is InChI=1S/C19H23N5O/c25-19(17-9-10-18(22-21-17)24-13-3-4-14-24)20-15-5-7-16(8-6-15)23-11-1-2-12-23/h5-10H,1-4,11-14H2,(H,20,25). The van der Waals surface area contributed by atoms with Crippen LogP contribution in [0, 0.1) is 0 Å². The molecule has 25 heavy (non-hydrogen) atoms. The number of benzene rings is 1. The maximum atomic E-state index is 12.4. The number of hydrogen-bond acceptors (Lipinski definition) is 5. The van der Waals surface area contributed by atoms with Gasteiger partial charge >= 0.3 is 0 Å². The molecule has 0 aliphatic carbocycles. The number of hydrogen-bond donors (Lipinski definition) is 1. The van der Waals surface area contributed by atoms with E-state index >= 15 is 0 Å². The van der Waals surface area contributed by atoms with Gasteiger partial charge in [0.05, 0.1) is 0 Å². The lowest BCUT2D eigenvalue weighted by Crippen LogP contribution is -2.21. The molecule has 2 saturated heterocycles. The normalized spacial score (nSPS) is 17.1. The SMILES string of the molecule is O=C(Nc1ccc(N2CCCC2)cc1)c1ccc(N2CCCC2)nn1. The van der Waals surface area contributed by atoms with Crippen molar-refractivity contribution in [1.82, 2.24) is 10.2 Å². The Morgan fingerprint density at radius 3 is 2.04 bits per heavy atom. The number of nitrogens with zero attached hydrogens (tertiary/aromatic N) is 4. The van der Waals surface area contributed by atoms with Gasteiger partial charge in [-0.3, -0.25) is 4.79 Å². The monoisotopic (exact) mass is 337 g/mol. The Balaban J connectivity index is 1.39. The number of carbonyl (C=O) groups is 1. The summed E-state index contributed by atoms with van der Waals surface area (Å²) in [5, 5.41) is 11.2. The molecule has 2 aliphatic heterocycles. The number of anilines is 3. The van der Waals surface area contributed by atoms with Crippen molar-refractivity contribution in [1.29, 1.82) is 0 Å². The predicted molar refractivity (Wildman–Crippen MR) is 99.3 cm³/mol. The van der Waals surface area contributed by atoms with Gasteiger partial charge in [-0.25, -0.2) is 0 Å². The Bertz CT molecular complexity index is 716. The van der Waals surface area contributed by atoms with E-state index in [0.29, 0.717) is 5.69 Å². The first-order valence-corrected chi connectivity index (χ1v) is 9.05. The van der Waals surface area contributed by atoms with Crippen LogP contribution in [0.4, 0.5) is 17.2 Å². The molecule has 4 rings (SSSR count). The lowest BCUT2D eigenvalue weighted by Gasteiger charge is -2.17. The average molecular weight is 337 g/mol. The zero-order chi connectivity index (χ0) is 17.1. The molecule has 2 aliphatic rings. The van der Waals surface area contributed by atoms with Crippen LogP contribution in [0.25, 0.3) is 0 Å². The Morgan fingerprint density at radius 2 is 1.44 bits per heavy atom. The minimum atomic E-state index is -0.227. The van der Waals surface area contributed by atoms with Crippen LogP contribution in [0.3, 0.4) is 0 Å². The number of aromatic nitrogens is 2. The van der Waals surface area contributed by atoms with Crippen LogP contribution in [0.2, 0.25) is 0 Å². The van der Waals surface area contributed by atoms with Crippen LogP contribution >= 0.6 is 0 Å². The van der Waals surface area contributed by atoms with Crippen molar-refractivity contribution in [2.24, 2.45) is 0 Å². The van der Waals surface area contributed by atoms with Crippen LogP contribution in [0.15, 0.2) is 36.4 Å². The fourth-order valence-corrected chi connectivity index (χ4v) is 3.49. The molecule has 6 nitrogen and oxygen atoms in total. The highest BCUT2D eigenvalue weighted by Gasteiger charge is 2.16. The smallest absolute Gasteiger partial charge is 0.276 e. The number of nitrogens with one attached hydrogen (secondary N) is 1. The molecule has 3 heterocycles. The maximum absolute atomic E-state index is 12.4. The fraction of sp³-hybridized carbons (Fsp3) is 0.421. The van der Waals surface area contributed by atoms with Crippen LogP contribution in [-0.4, -0.2) is 42.3 Å². The third-order valence-electron chi connectivity index (χ3n) is 4.91. The zero-order valence-corrected chi connectivity index (χ0v) is 14.3. The van der Waals surface area contributed by atoms with Gasteiger partial charge in [0.2, 0.25) is 0 Å². The summed E-state index contributed by atoms with van der Waals surface area (Å²) in [6.45, 7) is 4.27. The van der Waals surface area contributed by atoms with Crippen molar-refractivity contribution in [3.8, 4) is 0 Å². The molecule has 2 aromatic rings. The van der Waals surface area contributed by atoms with E-state index in [2.05, 4.69) is 37.4 Å². The second-order valence-electron chi connectivity index (χ2n) is 6.67. The van der Waals surface area contributed by atoms with Gasteiger partial charge in [0, 0.05) is 37.6 Å². The van der Waals surface area contributed by atoms with Gasteiger partial charge in [-0.2, -0.15) is 0 Å². The molecular weight excluding hydrogens is 314 g/mol. The third kappa shape index (κ3) is 3.57. The van der Waals surface area contributed by atoms with Gasteiger partial charge in [-0.05, 0) is 62.1 Å². The van der Waals surface area contributed by atoms with E-state index in [4.69, 9.17) is 0 Å². The van der Waals surface area contributed by atoms with Crippen LogP contribution in [0.1, 0.15) is 36.2 Å². The molecule has 1 amide bonds. The summed E-state index contributed by atoms with van der Waals surface area (Å²) in [6, 6.07) is 11.6. The Morgan fingerprint density at radius 1 is 0.800 bits per heavy atom. The van der Waals surface area contributed by atoms with Gasteiger partial charge in [0.1, 0.15) is 0 Å². The van der Waals surface area contributed by atoms with Crippen molar-refractivity contribution in [3.05, 3.63) is 42.1 Å². The summed E-state index contributed by atoms with van der Waals surface area (Å²) in [6.07, 6.45) is 4.89. The van der Waals surface area contributed by atoms with Crippen molar-refractivity contribution < 1.29 is 4.79 Å². The van der Waals surface area contributed by atoms with E-state index in [1.807, 2.05) is 18.2 Å². The van der Waals surface area contributed by atoms with Crippen molar-refractivity contribution in [3.63, 3.8) is 0 Å². The molecule has 1 aromatic carbocycles. The lowest BCUT2D eigenvalue weighted by molar-refractivity contribution is 0.102. The van der Waals surface area contributed by atoms with Crippen LogP contribution in [-0.2, 0) is 0 Å². The van der Waals surface area contributed by atoms with Crippen molar-refractivity contribution in [2.45, 2.75) is 25.7 Å². The highest BCUT2D eigenvalue weighted by molar-refractivity contribution is 6.02. The van der Waals surface area contributed by atoms with Gasteiger partial charge in [0.25, 0.3) is 5.91 Å². The number of rotatable bonds is 4. The molecule has 0 unspecified atom stereocenters. The average Bonchev–Trinajstić information content (AvgIpc) is 3.36. The van der Waals surface area contributed by atoms with Gasteiger partial charge in [-0.15, -0.1) is 10.2 Å². The Hall–Kier alpha value is -2.63. The summed E-state index contributed by atoms with van der Waals surface area (Å²) < 4.78 is 0. The van der Waals surface area contributed by atoms with Gasteiger partial charge in [0.15, 0.2) is 11.5 Å². The maximum Gasteiger partial charge on any atom is 0.276 e. The van der Waals surface area contributed by atoms with Crippen molar-refractivity contribution >= 4 is 23.1 Å². The zero-order valence-electron chi connectivity index (χ0n) is 14.3. The van der Waals surface area contributed by atoms with Crippen molar-refractivity contribution in [2.75, 3.05) is 41.3 Å². The first-order valence-electron chi connectivity index (χ1n) is 9.05. The molecule has 0 atom stereocenters. The first-order chi connectivity index (χ1) is 12.3. The van der Waals surface area contributed by atoms with Gasteiger partial charge < -0.3 is 15.1 Å². The van der Waals surface area contributed by atoms with E-state index in [1.165, 1.54) is 31.4 Å². The molecule has 0 bridgehead atoms. The molecule has 130 valence electrons. The molecular formula is C19H23N5O. The Kier molecular flexibility index (Phi) is 4.50. The highest BCUT2D eigenvalue weighted by atomic mass is 16.1. The summed E-state index contributed by atoms with van der Waals surface area (Å²) in [5.41, 5.74) is 2.33. The molecule has 0 radical (unpaired) electrons. The Labute approximate surface area is 147 Å². The first kappa shape index (κ1) is 15.9. The minimum absolute atomic E-state index is 0.227. The predicted octanol–water partition coefficient (Wildman–Crippen LogP) is 2.93. The second-order valence-corrected chi connectivity index (χ2v) is 6.67.